The van der Waals surface area contributed by atoms with E-state index in [1.807, 2.05) is 30.9 Å². The maximum atomic E-state index is 13.6. The monoisotopic (exact) mass is 499 g/mol. The number of thiophene rings is 1. The van der Waals surface area contributed by atoms with E-state index in [2.05, 4.69) is 29.8 Å². The first kappa shape index (κ1) is 25.5. The van der Waals surface area contributed by atoms with Crippen molar-refractivity contribution in [2.24, 2.45) is 0 Å². The third-order valence-electron chi connectivity index (χ3n) is 6.73. The van der Waals surface area contributed by atoms with E-state index in [9.17, 15) is 9.59 Å². The third kappa shape index (κ3) is 6.35. The van der Waals surface area contributed by atoms with Gasteiger partial charge in [-0.15, -0.1) is 11.3 Å². The van der Waals surface area contributed by atoms with E-state index in [4.69, 9.17) is 9.47 Å². The number of benzene rings is 1. The van der Waals surface area contributed by atoms with Crippen molar-refractivity contribution in [3.05, 3.63) is 51.2 Å². The summed E-state index contributed by atoms with van der Waals surface area (Å²) in [5, 5.41) is 5.02. The fourth-order valence-corrected chi connectivity index (χ4v) is 5.78. The Hall–Kier alpha value is -2.58. The van der Waals surface area contributed by atoms with Gasteiger partial charge in [-0.1, -0.05) is 24.6 Å². The van der Waals surface area contributed by atoms with Crippen molar-refractivity contribution in [3.8, 4) is 5.75 Å². The molecule has 3 heterocycles. The summed E-state index contributed by atoms with van der Waals surface area (Å²) >= 11 is 1.73. The Balaban J connectivity index is 1.49. The number of carbonyl (C=O) groups is 2. The van der Waals surface area contributed by atoms with Gasteiger partial charge in [0, 0.05) is 31.1 Å². The number of ether oxygens (including phenoxy) is 2. The van der Waals surface area contributed by atoms with Crippen LogP contribution in [0.15, 0.2) is 29.6 Å². The lowest BCUT2D eigenvalue weighted by Gasteiger charge is -2.37. The fourth-order valence-electron chi connectivity index (χ4n) is 4.86. The smallest absolute Gasteiger partial charge is 0.317 e. The van der Waals surface area contributed by atoms with Gasteiger partial charge >= 0.3 is 6.03 Å². The van der Waals surface area contributed by atoms with E-state index in [0.717, 1.165) is 42.6 Å². The first-order valence-corrected chi connectivity index (χ1v) is 13.5. The molecule has 1 aromatic carbocycles. The number of amides is 3. The highest BCUT2D eigenvalue weighted by Crippen LogP contribution is 2.34. The number of urea groups is 1. The predicted octanol–water partition coefficient (Wildman–Crippen LogP) is 4.47. The minimum Gasteiger partial charge on any atom is -0.491 e. The van der Waals surface area contributed by atoms with E-state index in [1.165, 1.54) is 10.4 Å². The van der Waals surface area contributed by atoms with Gasteiger partial charge in [0.05, 0.1) is 12.1 Å². The van der Waals surface area contributed by atoms with Crippen LogP contribution in [0.5, 0.6) is 5.75 Å². The lowest BCUT2D eigenvalue weighted by molar-refractivity contribution is -0.135. The Labute approximate surface area is 212 Å². The molecule has 2 atom stereocenters. The highest BCUT2D eigenvalue weighted by atomic mass is 32.1. The van der Waals surface area contributed by atoms with E-state index >= 15 is 0 Å². The molecule has 2 aliphatic heterocycles. The number of nitrogens with one attached hydrogen (secondary N) is 1. The van der Waals surface area contributed by atoms with Gasteiger partial charge in [0.1, 0.15) is 18.9 Å². The summed E-state index contributed by atoms with van der Waals surface area (Å²) in [6.07, 6.45) is 3.57. The van der Waals surface area contributed by atoms with Crippen LogP contribution in [0.3, 0.4) is 0 Å². The summed E-state index contributed by atoms with van der Waals surface area (Å²) in [7, 11) is 0. The van der Waals surface area contributed by atoms with E-state index < -0.39 is 0 Å². The third-order valence-corrected chi connectivity index (χ3v) is 7.73. The van der Waals surface area contributed by atoms with Crippen LogP contribution in [0.25, 0.3) is 0 Å². The Kier molecular flexibility index (Phi) is 8.68. The molecule has 1 N–H and O–H groups in total. The molecule has 4 rings (SSSR count). The predicted molar refractivity (Wildman–Crippen MR) is 138 cm³/mol. The van der Waals surface area contributed by atoms with E-state index in [1.54, 1.807) is 16.2 Å². The van der Waals surface area contributed by atoms with Gasteiger partial charge in [-0.05, 0) is 68.2 Å². The van der Waals surface area contributed by atoms with Crippen LogP contribution in [0, 0.1) is 13.8 Å². The maximum absolute atomic E-state index is 13.6. The molecule has 0 radical (unpaired) electrons. The van der Waals surface area contributed by atoms with Gasteiger partial charge in [-0.25, -0.2) is 4.79 Å². The zero-order chi connectivity index (χ0) is 24.8. The standard InChI is InChI=1S/C27H37N3O4S/c1-4-11-28-27(32)29(16-21-6-5-13-33-21)17-26(31)30-12-9-25-22(10-14-35-25)23(30)18-34-24-8-7-19(2)15-20(24)3/h7-8,10,14-15,21,23H,4-6,9,11-13,16-18H2,1-3H3,(H,28,32). The Morgan fingerprint density at radius 3 is 2.89 bits per heavy atom. The van der Waals surface area contributed by atoms with Crippen LogP contribution in [0.1, 0.15) is 53.8 Å². The fraction of sp³-hybridized carbons (Fsp3) is 0.556. The first-order valence-electron chi connectivity index (χ1n) is 12.7. The lowest BCUT2D eigenvalue weighted by Crippen LogP contribution is -2.51. The number of nitrogens with zero attached hydrogens (tertiary/aromatic N) is 2. The van der Waals surface area contributed by atoms with Crippen LogP contribution in [0.2, 0.25) is 0 Å². The molecule has 2 unspecified atom stereocenters. The van der Waals surface area contributed by atoms with Crippen LogP contribution in [-0.2, 0) is 16.0 Å². The maximum Gasteiger partial charge on any atom is 0.317 e. The lowest BCUT2D eigenvalue weighted by atomic mass is 10.00. The quantitative estimate of drug-likeness (QED) is 0.553. The van der Waals surface area contributed by atoms with Crippen molar-refractivity contribution in [1.29, 1.82) is 0 Å². The average Bonchev–Trinajstić information content (AvgIpc) is 3.53. The van der Waals surface area contributed by atoms with Gasteiger partial charge in [-0.3, -0.25) is 4.79 Å². The van der Waals surface area contributed by atoms with Gasteiger partial charge in [-0.2, -0.15) is 0 Å². The van der Waals surface area contributed by atoms with Crippen LogP contribution >= 0.6 is 11.3 Å². The molecule has 2 aromatic rings. The van der Waals surface area contributed by atoms with Crippen molar-refractivity contribution in [2.45, 2.75) is 58.6 Å². The Bertz CT molecular complexity index is 1020. The molecule has 1 saturated heterocycles. The van der Waals surface area contributed by atoms with Crippen LogP contribution in [-0.4, -0.2) is 67.2 Å². The average molecular weight is 500 g/mol. The van der Waals surface area contributed by atoms with Gasteiger partial charge in [0.15, 0.2) is 0 Å². The van der Waals surface area contributed by atoms with Gasteiger partial charge in [0.2, 0.25) is 5.91 Å². The molecular formula is C27H37N3O4S. The molecule has 0 saturated carbocycles. The zero-order valence-electron chi connectivity index (χ0n) is 21.0. The normalized spacial score (nSPS) is 19.3. The number of carbonyl (C=O) groups excluding carboxylic acids is 2. The second kappa shape index (κ2) is 11.9. The summed E-state index contributed by atoms with van der Waals surface area (Å²) in [6, 6.07) is 7.87. The van der Waals surface area contributed by atoms with Crippen LogP contribution < -0.4 is 10.1 Å². The summed E-state index contributed by atoms with van der Waals surface area (Å²) < 4.78 is 12.0. The molecule has 0 spiro atoms. The molecule has 0 aliphatic carbocycles. The number of rotatable bonds is 9. The first-order chi connectivity index (χ1) is 17.0. The number of hydrogen-bond donors (Lipinski definition) is 1. The Morgan fingerprint density at radius 2 is 2.14 bits per heavy atom. The van der Waals surface area contributed by atoms with Gasteiger partial charge in [0.25, 0.3) is 0 Å². The second-order valence-corrected chi connectivity index (χ2v) is 10.5. The molecule has 1 fully saturated rings. The molecule has 1 aromatic heterocycles. The van der Waals surface area contributed by atoms with Gasteiger partial charge < -0.3 is 24.6 Å². The summed E-state index contributed by atoms with van der Waals surface area (Å²) in [6.45, 7) is 8.90. The summed E-state index contributed by atoms with van der Waals surface area (Å²) in [5.74, 6) is 0.782. The molecule has 3 amide bonds. The van der Waals surface area contributed by atoms with Crippen molar-refractivity contribution in [3.63, 3.8) is 0 Å². The highest BCUT2D eigenvalue weighted by Gasteiger charge is 2.34. The van der Waals surface area contributed by atoms with E-state index in [0.29, 0.717) is 32.8 Å². The number of hydrogen-bond acceptors (Lipinski definition) is 5. The largest absolute Gasteiger partial charge is 0.491 e. The van der Waals surface area contributed by atoms with Crippen molar-refractivity contribution in [1.82, 2.24) is 15.1 Å². The molecular weight excluding hydrogens is 462 g/mol. The SMILES string of the molecule is CCCNC(=O)N(CC(=O)N1CCc2sccc2C1COc1ccc(C)cc1C)CC1CCCO1. The van der Waals surface area contributed by atoms with Crippen molar-refractivity contribution >= 4 is 23.3 Å². The number of aryl methyl sites for hydroxylation is 2. The summed E-state index contributed by atoms with van der Waals surface area (Å²) in [5.41, 5.74) is 3.43. The molecule has 0 bridgehead atoms. The summed E-state index contributed by atoms with van der Waals surface area (Å²) in [4.78, 5) is 31.4. The zero-order valence-corrected chi connectivity index (χ0v) is 21.9. The topological polar surface area (TPSA) is 71.1 Å². The second-order valence-electron chi connectivity index (χ2n) is 9.48. The van der Waals surface area contributed by atoms with Crippen LogP contribution in [0.4, 0.5) is 4.79 Å². The number of fused-ring (bicyclic) bond motifs is 1. The molecule has 190 valence electrons. The molecule has 35 heavy (non-hydrogen) atoms. The Morgan fingerprint density at radius 1 is 1.29 bits per heavy atom. The van der Waals surface area contributed by atoms with Crippen molar-refractivity contribution < 1.29 is 19.1 Å². The van der Waals surface area contributed by atoms with Crippen molar-refractivity contribution in [2.75, 3.05) is 39.4 Å². The van der Waals surface area contributed by atoms with E-state index in [-0.39, 0.29) is 30.6 Å². The molecule has 2 aliphatic rings. The highest BCUT2D eigenvalue weighted by molar-refractivity contribution is 7.10. The molecule has 8 heteroatoms. The molecule has 7 nitrogen and oxygen atoms in total. The minimum absolute atomic E-state index is 0.0105. The minimum atomic E-state index is -0.202.